The van der Waals surface area contributed by atoms with E-state index in [-0.39, 0.29) is 54.4 Å². The molecule has 1 saturated heterocycles. The number of hydrogen-bond acceptors (Lipinski definition) is 8. The summed E-state index contributed by atoms with van der Waals surface area (Å²) in [7, 11) is 1.31. The highest BCUT2D eigenvalue weighted by Gasteiger charge is 2.49. The SMILES string of the molecule is CC[C@@H]1C(C)=C2/C=c3\[nH]/c(c(C)c3C(C)=O)=C\C3N/C(=C4\c5[nH]c(c(C)c5C(=O)[C@@H]4C(=O)OC)/C=C\1N2)[C@@H](CCC(=O)OC/C=C(\C)CCC[C@H](C)CCC[C@H](C)CCCC(C)C)[C@@H]3C. The van der Waals surface area contributed by atoms with E-state index in [0.717, 1.165) is 81.3 Å². The smallest absolute Gasteiger partial charge is 0.321 e. The summed E-state index contributed by atoms with van der Waals surface area (Å²) in [6.45, 7) is 23.6. The molecule has 6 rings (SSSR count). The van der Waals surface area contributed by atoms with Gasteiger partial charge in [-0.3, -0.25) is 19.2 Å². The van der Waals surface area contributed by atoms with Crippen LogP contribution in [0, 0.1) is 55.3 Å². The van der Waals surface area contributed by atoms with Gasteiger partial charge in [0.15, 0.2) is 11.6 Å². The molecule has 0 radical (unpaired) electrons. The van der Waals surface area contributed by atoms with Crippen LogP contribution >= 0.6 is 0 Å². The zero-order valence-corrected chi connectivity index (χ0v) is 41.6. The minimum atomic E-state index is -1.16. The number of carbonyl (C=O) groups excluding carboxylic acids is 4. The van der Waals surface area contributed by atoms with Gasteiger partial charge in [0.2, 0.25) is 0 Å². The zero-order valence-electron chi connectivity index (χ0n) is 41.6. The maximum absolute atomic E-state index is 14.4. The summed E-state index contributed by atoms with van der Waals surface area (Å²) >= 11 is 0. The fourth-order valence-corrected chi connectivity index (χ4v) is 11.0. The average Bonchev–Trinajstić information content (AvgIpc) is 4.00. The number of ketones is 2. The first-order valence-corrected chi connectivity index (χ1v) is 24.7. The van der Waals surface area contributed by atoms with Crippen LogP contribution in [-0.4, -0.2) is 53.2 Å². The number of hydrogen-bond donors (Lipinski definition) is 4. The molecule has 0 aromatic carbocycles. The van der Waals surface area contributed by atoms with Crippen molar-refractivity contribution in [3.63, 3.8) is 0 Å². The van der Waals surface area contributed by atoms with Gasteiger partial charge in [0.25, 0.3) is 0 Å². The van der Waals surface area contributed by atoms with Crippen molar-refractivity contribution >= 4 is 47.3 Å². The molecule has 2 aromatic heterocycles. The summed E-state index contributed by atoms with van der Waals surface area (Å²) in [5.41, 5.74) is 9.78. The van der Waals surface area contributed by atoms with Gasteiger partial charge in [0.1, 0.15) is 12.5 Å². The first-order valence-electron chi connectivity index (χ1n) is 24.7. The molecule has 65 heavy (non-hydrogen) atoms. The van der Waals surface area contributed by atoms with Gasteiger partial charge >= 0.3 is 11.9 Å². The number of aromatic nitrogens is 2. The Morgan fingerprint density at radius 3 is 2.18 bits per heavy atom. The molecule has 0 amide bonds. The van der Waals surface area contributed by atoms with E-state index in [1.54, 1.807) is 6.92 Å². The lowest BCUT2D eigenvalue weighted by Gasteiger charge is -2.20. The quantitative estimate of drug-likeness (QED) is 0.0446. The number of carbonyl (C=O) groups is 4. The Labute approximate surface area is 388 Å². The molecule has 8 bridgehead atoms. The number of Topliss-reactive ketones (excluding diaryl/α,β-unsaturated/α-hetero) is 2. The van der Waals surface area contributed by atoms with E-state index >= 15 is 0 Å². The average molecular weight is 891 g/mol. The molecule has 0 saturated carbocycles. The van der Waals surface area contributed by atoms with Crippen LogP contribution in [-0.2, 0) is 19.1 Å². The molecule has 10 heteroatoms. The van der Waals surface area contributed by atoms with Crippen LogP contribution in [0.1, 0.15) is 183 Å². The van der Waals surface area contributed by atoms with Crippen LogP contribution in [0.5, 0.6) is 0 Å². The van der Waals surface area contributed by atoms with Crippen LogP contribution in [0.4, 0.5) is 0 Å². The molecule has 354 valence electrons. The van der Waals surface area contributed by atoms with E-state index in [2.05, 4.69) is 88.1 Å². The summed E-state index contributed by atoms with van der Waals surface area (Å²) in [5, 5.41) is 8.96. The van der Waals surface area contributed by atoms with Crippen LogP contribution in [0.15, 0.2) is 34.3 Å². The normalized spacial score (nSPS) is 25.3. The second kappa shape index (κ2) is 21.6. The van der Waals surface area contributed by atoms with E-state index in [0.29, 0.717) is 34.7 Å². The second-order valence-corrected chi connectivity index (χ2v) is 20.4. The molecule has 3 aliphatic heterocycles. The third kappa shape index (κ3) is 11.1. The summed E-state index contributed by atoms with van der Waals surface area (Å²) < 4.78 is 11.1. The second-order valence-electron chi connectivity index (χ2n) is 20.4. The number of ether oxygens (including phenoxy) is 2. The molecule has 1 unspecified atom stereocenters. The van der Waals surface area contributed by atoms with Gasteiger partial charge in [-0.25, -0.2) is 0 Å². The monoisotopic (exact) mass is 891 g/mol. The van der Waals surface area contributed by atoms with Crippen molar-refractivity contribution in [2.75, 3.05) is 13.7 Å². The van der Waals surface area contributed by atoms with Gasteiger partial charge in [-0.1, -0.05) is 92.1 Å². The van der Waals surface area contributed by atoms with Crippen molar-refractivity contribution in [2.45, 2.75) is 159 Å². The Bertz CT molecular complexity index is 2380. The minimum Gasteiger partial charge on any atom is -0.468 e. The zero-order chi connectivity index (χ0) is 47.3. The summed E-state index contributed by atoms with van der Waals surface area (Å²) in [6, 6.07) is -0.262. The number of rotatable bonds is 20. The molecular formula is C55H78N4O6. The van der Waals surface area contributed by atoms with E-state index in [4.69, 9.17) is 9.47 Å². The van der Waals surface area contributed by atoms with E-state index < -0.39 is 11.9 Å². The predicted molar refractivity (Wildman–Crippen MR) is 262 cm³/mol. The first kappa shape index (κ1) is 49.6. The Kier molecular flexibility index (Phi) is 16.5. The molecule has 7 atom stereocenters. The Hall–Kier alpha value is -4.86. The third-order valence-electron chi connectivity index (χ3n) is 15.1. The lowest BCUT2D eigenvalue weighted by molar-refractivity contribution is -0.143. The molecule has 10 nitrogen and oxygen atoms in total. The number of aromatic amines is 2. The van der Waals surface area contributed by atoms with E-state index in [9.17, 15) is 19.2 Å². The molecule has 4 N–H and O–H groups in total. The lowest BCUT2D eigenvalue weighted by atomic mass is 9.83. The largest absolute Gasteiger partial charge is 0.468 e. The fraction of sp³-hybridized carbons (Fsp3) is 0.600. The van der Waals surface area contributed by atoms with Gasteiger partial charge in [-0.15, -0.1) is 0 Å². The number of H-pyrrole nitrogens is 2. The molecule has 4 aliphatic rings. The molecular weight excluding hydrogens is 813 g/mol. The number of allylic oxidation sites excluding steroid dienone is 4. The number of esters is 2. The Balaban J connectivity index is 1.22. The summed E-state index contributed by atoms with van der Waals surface area (Å²) in [4.78, 5) is 61.9. The fourth-order valence-electron chi connectivity index (χ4n) is 11.0. The van der Waals surface area contributed by atoms with Crippen molar-refractivity contribution in [3.8, 4) is 0 Å². The van der Waals surface area contributed by atoms with Crippen LogP contribution in [0.25, 0.3) is 23.8 Å². The van der Waals surface area contributed by atoms with Gasteiger partial charge in [-0.2, -0.15) is 0 Å². The van der Waals surface area contributed by atoms with Gasteiger partial charge < -0.3 is 30.1 Å². The highest BCUT2D eigenvalue weighted by atomic mass is 16.5. The standard InChI is InChI=1S/C55H78N4O6/c1-13-39-34(7)41-29-46-48(38(11)60)36(9)43(57-46)27-42-35(8)40(52(58-42)50-51(55(63)64-12)54(62)49-37(10)44(59-53(49)50)28-45(39)56-41)23-24-47(61)65-26-25-33(6)22-16-21-32(5)20-15-19-31(4)18-14-17-30(2)3/h25,27-32,35,39-40,42,51,56-59H,13-24,26H2,1-12H3/b33-25+,43-27-,45-28+,46-29-,52-50-/t31-,32-,35+,39-,40+,42?,51-/m1/s1. The highest BCUT2D eigenvalue weighted by molar-refractivity contribution is 6.24. The first-order chi connectivity index (χ1) is 30.9. The van der Waals surface area contributed by atoms with Crippen molar-refractivity contribution in [1.82, 2.24) is 20.6 Å². The van der Waals surface area contributed by atoms with Crippen LogP contribution < -0.4 is 21.3 Å². The molecule has 2 aromatic rings. The number of methoxy groups -OCH3 is 1. The number of fused-ring (bicyclic) bond motifs is 7. The number of nitrogens with one attached hydrogen (secondary N) is 4. The molecule has 0 spiro atoms. The third-order valence-corrected chi connectivity index (χ3v) is 15.1. The maximum Gasteiger partial charge on any atom is 0.321 e. The van der Waals surface area contributed by atoms with Crippen molar-refractivity contribution in [3.05, 3.63) is 78.7 Å². The highest BCUT2D eigenvalue weighted by Crippen LogP contribution is 2.48. The Morgan fingerprint density at radius 2 is 1.54 bits per heavy atom. The van der Waals surface area contributed by atoms with Crippen LogP contribution in [0.2, 0.25) is 0 Å². The van der Waals surface area contributed by atoms with Crippen molar-refractivity contribution in [1.29, 1.82) is 0 Å². The minimum absolute atomic E-state index is 0.0291. The molecule has 1 aliphatic carbocycles. The lowest BCUT2D eigenvalue weighted by Crippen LogP contribution is -2.28. The summed E-state index contributed by atoms with van der Waals surface area (Å²) in [5.74, 6) is -0.271. The van der Waals surface area contributed by atoms with Crippen molar-refractivity contribution < 1.29 is 28.7 Å². The Morgan fingerprint density at radius 1 is 0.862 bits per heavy atom. The van der Waals surface area contributed by atoms with Crippen molar-refractivity contribution in [2.24, 2.45) is 41.4 Å². The van der Waals surface area contributed by atoms with Crippen LogP contribution in [0.3, 0.4) is 0 Å². The van der Waals surface area contributed by atoms with Gasteiger partial charge in [0.05, 0.1) is 18.2 Å². The van der Waals surface area contributed by atoms with E-state index in [1.807, 2.05) is 26.0 Å². The molecule has 1 fully saturated rings. The summed E-state index contributed by atoms with van der Waals surface area (Å²) in [6.07, 6.45) is 21.0. The van der Waals surface area contributed by atoms with E-state index in [1.165, 1.54) is 57.6 Å². The molecule has 5 heterocycles. The maximum atomic E-state index is 14.4. The van der Waals surface area contributed by atoms with Gasteiger partial charge in [-0.05, 0) is 125 Å². The van der Waals surface area contributed by atoms with Gasteiger partial charge in [0, 0.05) is 69.1 Å². The topological polar surface area (TPSA) is 142 Å². The predicted octanol–water partition coefficient (Wildman–Crippen LogP) is 10.3.